The van der Waals surface area contributed by atoms with Gasteiger partial charge in [-0.25, -0.2) is 0 Å². The number of rotatable bonds is 10. The van der Waals surface area contributed by atoms with E-state index in [1.807, 2.05) is 0 Å². The summed E-state index contributed by atoms with van der Waals surface area (Å²) >= 11 is 12.7. The van der Waals surface area contributed by atoms with Gasteiger partial charge in [-0.15, -0.1) is 0 Å². The number of carboxylic acid groups (broad SMARTS) is 1. The molecule has 0 spiro atoms. The number of nitrogens with one attached hydrogen (secondary N) is 2. The van der Waals surface area contributed by atoms with Gasteiger partial charge in [-0.3, -0.25) is 9.59 Å². The van der Waals surface area contributed by atoms with Gasteiger partial charge in [0, 0.05) is 29.3 Å². The normalized spacial score (nSPS) is 18.7. The first-order valence-corrected chi connectivity index (χ1v) is 12.1. The molecule has 0 aliphatic heterocycles. The van der Waals surface area contributed by atoms with E-state index >= 15 is 0 Å². The van der Waals surface area contributed by atoms with Crippen LogP contribution in [0.3, 0.4) is 0 Å². The highest BCUT2D eigenvalue weighted by atomic mass is 35.5. The van der Waals surface area contributed by atoms with Crippen LogP contribution in [-0.4, -0.2) is 42.4 Å². The highest BCUT2D eigenvalue weighted by molar-refractivity contribution is 6.33. The van der Waals surface area contributed by atoms with Crippen LogP contribution in [0.4, 0.5) is 5.69 Å². The summed E-state index contributed by atoms with van der Waals surface area (Å²) < 4.78 is 5.45. The van der Waals surface area contributed by atoms with E-state index in [4.69, 9.17) is 33.0 Å². The van der Waals surface area contributed by atoms with E-state index in [9.17, 15) is 14.7 Å². The molecule has 1 aliphatic carbocycles. The van der Waals surface area contributed by atoms with E-state index in [0.29, 0.717) is 52.9 Å². The van der Waals surface area contributed by atoms with Crippen LogP contribution in [0, 0.1) is 11.8 Å². The second-order valence-corrected chi connectivity index (χ2v) is 9.40. The fourth-order valence-electron chi connectivity index (χ4n) is 4.33. The molecule has 1 amide bonds. The van der Waals surface area contributed by atoms with Gasteiger partial charge in [-0.05, 0) is 74.4 Å². The summed E-state index contributed by atoms with van der Waals surface area (Å²) in [7, 11) is 1.57. The molecule has 1 atom stereocenters. The number of aliphatic carboxylic acids is 1. The Hall–Kier alpha value is -2.48. The van der Waals surface area contributed by atoms with Crippen molar-refractivity contribution in [3.05, 3.63) is 57.6 Å². The van der Waals surface area contributed by atoms with Crippen molar-refractivity contribution < 1.29 is 24.5 Å². The van der Waals surface area contributed by atoms with Crippen LogP contribution in [0.15, 0.2) is 36.4 Å². The molecule has 1 aliphatic rings. The van der Waals surface area contributed by atoms with Crippen LogP contribution in [-0.2, 0) is 4.79 Å². The molecular formula is C25H30Cl2N2O5. The number of methoxy groups -OCH3 is 1. The lowest BCUT2D eigenvalue weighted by atomic mass is 9.82. The fraction of sp³-hybridized carbons (Fsp3) is 0.440. The third-order valence-corrected chi connectivity index (χ3v) is 6.84. The Balaban J connectivity index is 1.64. The number of halogens is 2. The van der Waals surface area contributed by atoms with Crippen LogP contribution < -0.4 is 15.4 Å². The number of aliphatic hydroxyl groups is 1. The molecule has 4 N–H and O–H groups in total. The summed E-state index contributed by atoms with van der Waals surface area (Å²) in [5, 5.41) is 25.9. The van der Waals surface area contributed by atoms with Gasteiger partial charge in [0.1, 0.15) is 5.75 Å². The summed E-state index contributed by atoms with van der Waals surface area (Å²) in [4.78, 5) is 23.7. The largest absolute Gasteiger partial charge is 0.496 e. The summed E-state index contributed by atoms with van der Waals surface area (Å²) in [5.41, 5.74) is 1.85. The second kappa shape index (κ2) is 12.3. The second-order valence-electron chi connectivity index (χ2n) is 8.56. The number of carbonyl (C=O) groups excluding carboxylic acids is 1. The standard InChI is InChI=1S/C25H30Cl2N2O5/c1-34-23-9-7-18(26)13-19(23)21(10-11-30)29-22-8-6-17(12-20(22)27)24(31)28-14-15-2-4-16(5-3-15)25(32)33/h6-9,12-13,15-16,21,29-30H,2-5,10-11,14H2,1H3,(H,28,31)(H,32,33)/t15-,16-,21-/m0/s1. The lowest BCUT2D eigenvalue weighted by Crippen LogP contribution is -2.32. The Morgan fingerprint density at radius 3 is 2.47 bits per heavy atom. The fourth-order valence-corrected chi connectivity index (χ4v) is 4.74. The van der Waals surface area contributed by atoms with Crippen molar-refractivity contribution in [2.24, 2.45) is 11.8 Å². The maximum absolute atomic E-state index is 12.6. The zero-order valence-corrected chi connectivity index (χ0v) is 20.5. The third kappa shape index (κ3) is 6.78. The topological polar surface area (TPSA) is 108 Å². The van der Waals surface area contributed by atoms with Gasteiger partial charge in [0.05, 0.1) is 29.8 Å². The van der Waals surface area contributed by atoms with Gasteiger partial charge in [0.15, 0.2) is 0 Å². The van der Waals surface area contributed by atoms with E-state index < -0.39 is 5.97 Å². The molecule has 9 heteroatoms. The van der Waals surface area contributed by atoms with Gasteiger partial charge in [0.25, 0.3) is 5.91 Å². The van der Waals surface area contributed by atoms with E-state index in [0.717, 1.165) is 18.4 Å². The molecule has 0 saturated heterocycles. The number of aliphatic hydroxyl groups excluding tert-OH is 1. The van der Waals surface area contributed by atoms with E-state index in [1.165, 1.54) is 0 Å². The van der Waals surface area contributed by atoms with Crippen LogP contribution >= 0.6 is 23.2 Å². The molecule has 1 saturated carbocycles. The molecule has 0 aromatic heterocycles. The van der Waals surface area contributed by atoms with Gasteiger partial charge in [-0.2, -0.15) is 0 Å². The molecule has 2 aromatic carbocycles. The highest BCUT2D eigenvalue weighted by Crippen LogP contribution is 2.35. The highest BCUT2D eigenvalue weighted by Gasteiger charge is 2.26. The molecule has 0 bridgehead atoms. The van der Waals surface area contributed by atoms with Crippen molar-refractivity contribution in [2.75, 3.05) is 25.6 Å². The molecule has 0 unspecified atom stereocenters. The smallest absolute Gasteiger partial charge is 0.306 e. The lowest BCUT2D eigenvalue weighted by Gasteiger charge is -2.26. The molecule has 1 fully saturated rings. The Labute approximate surface area is 209 Å². The minimum Gasteiger partial charge on any atom is -0.496 e. The number of hydrogen-bond donors (Lipinski definition) is 4. The van der Waals surface area contributed by atoms with E-state index in [2.05, 4.69) is 10.6 Å². The predicted molar refractivity (Wildman–Crippen MR) is 133 cm³/mol. The minimum atomic E-state index is -0.735. The minimum absolute atomic E-state index is 0.0557. The molecule has 34 heavy (non-hydrogen) atoms. The van der Waals surface area contributed by atoms with Crippen molar-refractivity contribution in [3.63, 3.8) is 0 Å². The lowest BCUT2D eigenvalue weighted by molar-refractivity contribution is -0.143. The van der Waals surface area contributed by atoms with Crippen molar-refractivity contribution >= 4 is 40.8 Å². The van der Waals surface area contributed by atoms with Gasteiger partial charge in [0.2, 0.25) is 0 Å². The van der Waals surface area contributed by atoms with Crippen molar-refractivity contribution in [2.45, 2.75) is 38.1 Å². The van der Waals surface area contributed by atoms with Crippen molar-refractivity contribution in [1.29, 1.82) is 0 Å². The van der Waals surface area contributed by atoms with E-state index in [1.54, 1.807) is 43.5 Å². The summed E-state index contributed by atoms with van der Waals surface area (Å²) in [5.74, 6) is -0.312. The number of anilines is 1. The zero-order chi connectivity index (χ0) is 24.7. The monoisotopic (exact) mass is 508 g/mol. The summed E-state index contributed by atoms with van der Waals surface area (Å²) in [6.45, 7) is 0.454. The van der Waals surface area contributed by atoms with Gasteiger partial charge >= 0.3 is 5.97 Å². The number of hydrogen-bond acceptors (Lipinski definition) is 5. The van der Waals surface area contributed by atoms with Crippen molar-refractivity contribution in [1.82, 2.24) is 5.32 Å². The van der Waals surface area contributed by atoms with Gasteiger partial charge < -0.3 is 25.6 Å². The Kier molecular flexibility index (Phi) is 9.45. The Morgan fingerprint density at radius 1 is 1.12 bits per heavy atom. The quantitative estimate of drug-likeness (QED) is 0.353. The Bertz CT molecular complexity index is 1010. The number of carbonyl (C=O) groups is 2. The summed E-state index contributed by atoms with van der Waals surface area (Å²) in [6.07, 6.45) is 3.28. The van der Waals surface area contributed by atoms with E-state index in [-0.39, 0.29) is 30.4 Å². The first-order chi connectivity index (χ1) is 16.3. The molecular weight excluding hydrogens is 479 g/mol. The van der Waals surface area contributed by atoms with Crippen LogP contribution in [0.1, 0.15) is 54.1 Å². The Morgan fingerprint density at radius 2 is 1.85 bits per heavy atom. The van der Waals surface area contributed by atoms with Crippen molar-refractivity contribution in [3.8, 4) is 5.75 Å². The maximum Gasteiger partial charge on any atom is 0.306 e. The van der Waals surface area contributed by atoms with Gasteiger partial charge in [-0.1, -0.05) is 23.2 Å². The SMILES string of the molecule is COc1ccc(Cl)cc1[C@H](CCO)Nc1ccc(C(=O)NC[C@H]2CC[C@H](C(=O)O)CC2)cc1Cl. The number of carboxylic acids is 1. The number of amides is 1. The maximum atomic E-state index is 12.6. The molecule has 3 rings (SSSR count). The van der Waals surface area contributed by atoms with Crippen LogP contribution in [0.5, 0.6) is 5.75 Å². The summed E-state index contributed by atoms with van der Waals surface area (Å²) in [6, 6.07) is 10.0. The number of benzene rings is 2. The zero-order valence-electron chi connectivity index (χ0n) is 19.0. The average molecular weight is 509 g/mol. The molecule has 0 radical (unpaired) electrons. The predicted octanol–water partition coefficient (Wildman–Crippen LogP) is 5.16. The van der Waals surface area contributed by atoms with Crippen LogP contribution in [0.2, 0.25) is 10.0 Å². The molecule has 2 aromatic rings. The van der Waals surface area contributed by atoms with Crippen LogP contribution in [0.25, 0.3) is 0 Å². The molecule has 7 nitrogen and oxygen atoms in total. The first kappa shape index (κ1) is 26.1. The first-order valence-electron chi connectivity index (χ1n) is 11.3. The third-order valence-electron chi connectivity index (χ3n) is 6.29. The number of ether oxygens (including phenoxy) is 1. The average Bonchev–Trinajstić information content (AvgIpc) is 2.83. The molecule has 0 heterocycles. The molecule has 184 valence electrons.